The molecule has 0 saturated heterocycles. The van der Waals surface area contributed by atoms with Crippen LogP contribution in [0.1, 0.15) is 32.6 Å². The molecule has 152 valence electrons. The van der Waals surface area contributed by atoms with E-state index in [2.05, 4.69) is 23.3 Å². The van der Waals surface area contributed by atoms with Crippen molar-refractivity contribution in [3.8, 4) is 22.6 Å². The Bertz CT molecular complexity index is 1040. The zero-order valence-corrected chi connectivity index (χ0v) is 17.5. The average molecular weight is 412 g/mol. The largest absolute Gasteiger partial charge is 0.503 e. The summed E-state index contributed by atoms with van der Waals surface area (Å²) in [6.45, 7) is 2.13. The molecule has 0 atom stereocenters. The molecule has 0 bridgehead atoms. The van der Waals surface area contributed by atoms with Gasteiger partial charge in [-0.3, -0.25) is 4.98 Å². The smallest absolute Gasteiger partial charge is 0.176 e. The van der Waals surface area contributed by atoms with Crippen LogP contribution in [-0.2, 0) is 0 Å². The van der Waals surface area contributed by atoms with Gasteiger partial charge in [0.2, 0.25) is 0 Å². The van der Waals surface area contributed by atoms with Gasteiger partial charge in [0.15, 0.2) is 11.5 Å². The van der Waals surface area contributed by atoms with Gasteiger partial charge < -0.3 is 20.9 Å². The second-order valence-corrected chi connectivity index (χ2v) is 8.58. The van der Waals surface area contributed by atoms with E-state index >= 15 is 0 Å². The standard InChI is InChI=1S/C23H26ClN3O2/c1-23(25)8-5-16(6-9-23)27-20-7-10-26-19-4-3-14(11-17(19)20)15-12-18(24)22(28)21(13-15)29-2/h3-4,7,10-13,16,28H,5-6,8-9,25H2,1-2H3,(H,26,27). The number of halogens is 1. The van der Waals surface area contributed by atoms with Gasteiger partial charge >= 0.3 is 0 Å². The van der Waals surface area contributed by atoms with E-state index in [4.69, 9.17) is 22.1 Å². The third-order valence-corrected chi connectivity index (χ3v) is 6.10. The van der Waals surface area contributed by atoms with Gasteiger partial charge in [-0.25, -0.2) is 0 Å². The lowest BCUT2D eigenvalue weighted by Crippen LogP contribution is -2.42. The molecule has 3 aromatic rings. The quantitative estimate of drug-likeness (QED) is 0.539. The molecule has 5 nitrogen and oxygen atoms in total. The van der Waals surface area contributed by atoms with Crippen LogP contribution in [0, 0.1) is 0 Å². The summed E-state index contributed by atoms with van der Waals surface area (Å²) in [6.07, 6.45) is 5.98. The highest BCUT2D eigenvalue weighted by atomic mass is 35.5. The van der Waals surface area contributed by atoms with Crippen LogP contribution in [0.4, 0.5) is 5.69 Å². The van der Waals surface area contributed by atoms with Crippen molar-refractivity contribution in [2.24, 2.45) is 5.73 Å². The van der Waals surface area contributed by atoms with Gasteiger partial charge in [0.1, 0.15) is 0 Å². The predicted octanol–water partition coefficient (Wildman–Crippen LogP) is 5.34. The molecule has 0 radical (unpaired) electrons. The van der Waals surface area contributed by atoms with Crippen LogP contribution in [-0.4, -0.2) is 28.8 Å². The second-order valence-electron chi connectivity index (χ2n) is 8.17. The molecule has 0 amide bonds. The molecule has 6 heteroatoms. The van der Waals surface area contributed by atoms with E-state index in [1.807, 2.05) is 24.4 Å². The number of anilines is 1. The Morgan fingerprint density at radius 1 is 1.17 bits per heavy atom. The number of nitrogens with zero attached hydrogens (tertiary/aromatic N) is 1. The van der Waals surface area contributed by atoms with E-state index in [0.717, 1.165) is 53.4 Å². The van der Waals surface area contributed by atoms with Crippen molar-refractivity contribution in [1.29, 1.82) is 0 Å². The minimum atomic E-state index is -0.0527. The van der Waals surface area contributed by atoms with E-state index in [-0.39, 0.29) is 16.3 Å². The van der Waals surface area contributed by atoms with Gasteiger partial charge in [0.25, 0.3) is 0 Å². The maximum Gasteiger partial charge on any atom is 0.176 e. The molecule has 1 aliphatic carbocycles. The first kappa shape index (κ1) is 19.8. The molecule has 1 aliphatic rings. The summed E-state index contributed by atoms with van der Waals surface area (Å²) in [5, 5.41) is 15.0. The van der Waals surface area contributed by atoms with E-state index in [1.165, 1.54) is 7.11 Å². The number of rotatable bonds is 4. The molecule has 29 heavy (non-hydrogen) atoms. The number of hydrogen-bond donors (Lipinski definition) is 3. The first-order valence-corrected chi connectivity index (χ1v) is 10.3. The fourth-order valence-corrected chi connectivity index (χ4v) is 4.20. The second kappa shape index (κ2) is 7.73. The fourth-order valence-electron chi connectivity index (χ4n) is 3.99. The van der Waals surface area contributed by atoms with Crippen molar-refractivity contribution in [2.45, 2.75) is 44.2 Å². The number of benzene rings is 2. The molecule has 1 aromatic heterocycles. The topological polar surface area (TPSA) is 80.4 Å². The molecule has 1 heterocycles. The molecular weight excluding hydrogens is 386 g/mol. The van der Waals surface area contributed by atoms with Crippen molar-refractivity contribution in [3.63, 3.8) is 0 Å². The number of nitrogens with one attached hydrogen (secondary N) is 1. The third kappa shape index (κ3) is 4.11. The highest BCUT2D eigenvalue weighted by Gasteiger charge is 2.27. The maximum atomic E-state index is 10.0. The van der Waals surface area contributed by atoms with E-state index in [1.54, 1.807) is 12.1 Å². The molecule has 1 fully saturated rings. The van der Waals surface area contributed by atoms with E-state index in [9.17, 15) is 5.11 Å². The summed E-state index contributed by atoms with van der Waals surface area (Å²) in [4.78, 5) is 4.51. The number of ether oxygens (including phenoxy) is 1. The number of methoxy groups -OCH3 is 1. The van der Waals surface area contributed by atoms with Crippen molar-refractivity contribution in [3.05, 3.63) is 47.6 Å². The molecule has 0 spiro atoms. The van der Waals surface area contributed by atoms with Crippen LogP contribution >= 0.6 is 11.6 Å². The minimum Gasteiger partial charge on any atom is -0.503 e. The number of hydrogen-bond acceptors (Lipinski definition) is 5. The van der Waals surface area contributed by atoms with E-state index < -0.39 is 0 Å². The van der Waals surface area contributed by atoms with Crippen LogP contribution < -0.4 is 15.8 Å². The number of fused-ring (bicyclic) bond motifs is 1. The number of phenolic OH excluding ortho intramolecular Hbond substituents is 1. The molecular formula is C23H26ClN3O2. The fraction of sp³-hybridized carbons (Fsp3) is 0.348. The summed E-state index contributed by atoms with van der Waals surface area (Å²) in [7, 11) is 1.51. The number of aromatic hydroxyl groups is 1. The number of pyridine rings is 1. The summed E-state index contributed by atoms with van der Waals surface area (Å²) < 4.78 is 5.25. The van der Waals surface area contributed by atoms with Crippen molar-refractivity contribution < 1.29 is 9.84 Å². The van der Waals surface area contributed by atoms with Crippen molar-refractivity contribution in [1.82, 2.24) is 4.98 Å². The zero-order chi connectivity index (χ0) is 20.6. The van der Waals surface area contributed by atoms with Crippen molar-refractivity contribution >= 4 is 28.2 Å². The third-order valence-electron chi connectivity index (χ3n) is 5.81. The summed E-state index contributed by atoms with van der Waals surface area (Å²) in [5.74, 6) is 0.302. The first-order chi connectivity index (χ1) is 13.9. The number of aromatic nitrogens is 1. The summed E-state index contributed by atoms with van der Waals surface area (Å²) in [5.41, 5.74) is 10.1. The van der Waals surface area contributed by atoms with Gasteiger partial charge in [0, 0.05) is 28.9 Å². The minimum absolute atomic E-state index is 0.0491. The van der Waals surface area contributed by atoms with Crippen LogP contribution in [0.25, 0.3) is 22.0 Å². The van der Waals surface area contributed by atoms with Crippen molar-refractivity contribution in [2.75, 3.05) is 12.4 Å². The Morgan fingerprint density at radius 3 is 2.66 bits per heavy atom. The number of nitrogens with two attached hydrogens (primary N) is 1. The van der Waals surface area contributed by atoms with Gasteiger partial charge in [0.05, 0.1) is 17.6 Å². The lowest BCUT2D eigenvalue weighted by Gasteiger charge is -2.35. The Hall–Kier alpha value is -2.50. The van der Waals surface area contributed by atoms with Gasteiger partial charge in [-0.15, -0.1) is 0 Å². The van der Waals surface area contributed by atoms with Gasteiger partial charge in [-0.2, -0.15) is 0 Å². The SMILES string of the molecule is COc1cc(-c2ccc3nccc(NC4CCC(C)(N)CC4)c3c2)cc(Cl)c1O. The highest BCUT2D eigenvalue weighted by molar-refractivity contribution is 6.32. The lowest BCUT2D eigenvalue weighted by atomic mass is 9.81. The summed E-state index contributed by atoms with van der Waals surface area (Å²) in [6, 6.07) is 12.1. The Balaban J connectivity index is 1.69. The van der Waals surface area contributed by atoms with E-state index in [0.29, 0.717) is 11.8 Å². The molecule has 0 aliphatic heterocycles. The zero-order valence-electron chi connectivity index (χ0n) is 16.7. The van der Waals surface area contributed by atoms with Crippen LogP contribution in [0.15, 0.2) is 42.6 Å². The monoisotopic (exact) mass is 411 g/mol. The Kier molecular flexibility index (Phi) is 5.28. The molecule has 1 saturated carbocycles. The lowest BCUT2D eigenvalue weighted by molar-refractivity contribution is 0.305. The molecule has 4 rings (SSSR count). The normalized spacial score (nSPS) is 21.9. The average Bonchev–Trinajstić information content (AvgIpc) is 2.71. The molecule has 2 aromatic carbocycles. The number of phenols is 1. The first-order valence-electron chi connectivity index (χ1n) is 9.87. The Labute approximate surface area is 175 Å². The van der Waals surface area contributed by atoms with Crippen LogP contribution in [0.5, 0.6) is 11.5 Å². The molecule has 0 unspecified atom stereocenters. The predicted molar refractivity (Wildman–Crippen MR) is 119 cm³/mol. The molecule has 4 N–H and O–H groups in total. The summed E-state index contributed by atoms with van der Waals surface area (Å²) >= 11 is 6.18. The van der Waals surface area contributed by atoms with Crippen LogP contribution in [0.3, 0.4) is 0 Å². The van der Waals surface area contributed by atoms with Gasteiger partial charge in [-0.05, 0) is 74.1 Å². The van der Waals surface area contributed by atoms with Crippen LogP contribution in [0.2, 0.25) is 5.02 Å². The maximum absolute atomic E-state index is 10.0. The van der Waals surface area contributed by atoms with Gasteiger partial charge in [-0.1, -0.05) is 17.7 Å². The highest BCUT2D eigenvalue weighted by Crippen LogP contribution is 2.39. The Morgan fingerprint density at radius 2 is 1.93 bits per heavy atom.